The monoisotopic (exact) mass is 414 g/mol. The van der Waals surface area contributed by atoms with Gasteiger partial charge in [0.05, 0.1) is 0 Å². The Morgan fingerprint density at radius 3 is 2.20 bits per heavy atom. The number of unbranched alkanes of at least 4 members (excludes halogenated alkanes) is 3. The van der Waals surface area contributed by atoms with Crippen molar-refractivity contribution in [2.75, 3.05) is 0 Å². The zero-order chi connectivity index (χ0) is 14.6. The summed E-state index contributed by atoms with van der Waals surface area (Å²) < 4.78 is 1.69. The molecule has 2 aromatic heterocycles. The minimum absolute atomic E-state index is 1.27. The van der Waals surface area contributed by atoms with Crippen molar-refractivity contribution in [2.45, 2.75) is 53.8 Å². The van der Waals surface area contributed by atoms with E-state index in [0.29, 0.717) is 0 Å². The standard InChI is InChI=1S/C14H17S2.3CH3.Sn/c1-2-3-4-5-7-12-9-10-14(16-12)13-8-6-11-15-13;;;;/h6,8-10H,2-5,7H2,1H3;3*1H3;. The molecule has 0 nitrogen and oxygen atoms in total. The van der Waals surface area contributed by atoms with Crippen LogP contribution in [0.3, 0.4) is 0 Å². The van der Waals surface area contributed by atoms with Crippen molar-refractivity contribution < 1.29 is 0 Å². The van der Waals surface area contributed by atoms with E-state index >= 15 is 0 Å². The first-order valence-corrected chi connectivity index (χ1v) is 19.3. The van der Waals surface area contributed by atoms with Crippen LogP contribution in [0.2, 0.25) is 14.8 Å². The molecule has 0 unspecified atom stereocenters. The van der Waals surface area contributed by atoms with E-state index in [2.05, 4.69) is 46.0 Å². The van der Waals surface area contributed by atoms with Crippen LogP contribution < -0.4 is 2.89 Å². The van der Waals surface area contributed by atoms with Crippen LogP contribution in [0.1, 0.15) is 37.5 Å². The number of aryl methyl sites for hydroxylation is 1. The van der Waals surface area contributed by atoms with E-state index in [1.165, 1.54) is 41.9 Å². The fourth-order valence-electron chi connectivity index (χ4n) is 2.24. The van der Waals surface area contributed by atoms with Crippen molar-refractivity contribution in [3.63, 3.8) is 0 Å². The van der Waals surface area contributed by atoms with Gasteiger partial charge in [-0.3, -0.25) is 0 Å². The predicted octanol–water partition coefficient (Wildman–Crippen LogP) is 6.14. The second kappa shape index (κ2) is 7.46. The maximum absolute atomic E-state index is 2.50. The first kappa shape index (κ1) is 16.6. The third-order valence-corrected chi connectivity index (χ3v) is 15.4. The van der Waals surface area contributed by atoms with Crippen LogP contribution in [-0.4, -0.2) is 18.4 Å². The second-order valence-corrected chi connectivity index (χ2v) is 24.2. The van der Waals surface area contributed by atoms with E-state index in [1.54, 1.807) is 7.77 Å². The van der Waals surface area contributed by atoms with Gasteiger partial charge in [0.1, 0.15) is 0 Å². The van der Waals surface area contributed by atoms with Gasteiger partial charge in [0.2, 0.25) is 0 Å². The summed E-state index contributed by atoms with van der Waals surface area (Å²) in [4.78, 5) is 12.0. The Hall–Kier alpha value is 0.199. The van der Waals surface area contributed by atoms with Crippen molar-refractivity contribution in [1.29, 1.82) is 0 Å². The molecule has 0 fully saturated rings. The van der Waals surface area contributed by atoms with Crippen molar-refractivity contribution in [1.82, 2.24) is 0 Å². The molecule has 0 spiro atoms. The summed E-state index contributed by atoms with van der Waals surface area (Å²) in [5, 5.41) is 0. The van der Waals surface area contributed by atoms with Crippen LogP contribution in [0.4, 0.5) is 0 Å². The summed E-state index contributed by atoms with van der Waals surface area (Å²) in [5.74, 6) is 0. The average molecular weight is 413 g/mol. The van der Waals surface area contributed by atoms with Gasteiger partial charge in [0, 0.05) is 0 Å². The summed E-state index contributed by atoms with van der Waals surface area (Å²) in [6, 6.07) is 9.39. The Morgan fingerprint density at radius 1 is 0.850 bits per heavy atom. The van der Waals surface area contributed by atoms with Crippen molar-refractivity contribution in [2.24, 2.45) is 0 Å². The summed E-state index contributed by atoms with van der Waals surface area (Å²) in [7, 11) is 0. The molecule has 0 bridgehead atoms. The number of hydrogen-bond acceptors (Lipinski definition) is 2. The summed E-state index contributed by atoms with van der Waals surface area (Å²) in [6.07, 6.45) is 6.70. The summed E-state index contributed by atoms with van der Waals surface area (Å²) in [6.45, 7) is 2.28. The Morgan fingerprint density at radius 2 is 1.55 bits per heavy atom. The Kier molecular flexibility index (Phi) is 6.18. The quantitative estimate of drug-likeness (QED) is 0.378. The molecule has 0 radical (unpaired) electrons. The van der Waals surface area contributed by atoms with Crippen LogP contribution in [0.5, 0.6) is 0 Å². The molecule has 0 aliphatic carbocycles. The summed E-state index contributed by atoms with van der Waals surface area (Å²) in [5.41, 5.74) is 0. The molecule has 20 heavy (non-hydrogen) atoms. The van der Waals surface area contributed by atoms with Crippen molar-refractivity contribution in [3.8, 4) is 9.75 Å². The van der Waals surface area contributed by atoms with Crippen molar-refractivity contribution in [3.05, 3.63) is 29.1 Å². The summed E-state index contributed by atoms with van der Waals surface area (Å²) >= 11 is 2.17. The Bertz CT molecular complexity index is 531. The third-order valence-electron chi connectivity index (χ3n) is 3.53. The fraction of sp³-hybridized carbons (Fsp3) is 0.529. The molecule has 0 aromatic carbocycles. The van der Waals surface area contributed by atoms with Crippen LogP contribution in [-0.2, 0) is 6.42 Å². The molecule has 0 atom stereocenters. The van der Waals surface area contributed by atoms with Crippen LogP contribution >= 0.6 is 22.7 Å². The third kappa shape index (κ3) is 4.60. The van der Waals surface area contributed by atoms with Crippen LogP contribution in [0.25, 0.3) is 9.75 Å². The van der Waals surface area contributed by atoms with E-state index in [4.69, 9.17) is 0 Å². The van der Waals surface area contributed by atoms with Gasteiger partial charge in [-0.05, 0) is 0 Å². The van der Waals surface area contributed by atoms with Gasteiger partial charge in [-0.2, -0.15) is 0 Å². The van der Waals surface area contributed by atoms with Gasteiger partial charge in [-0.1, -0.05) is 0 Å². The molecular weight excluding hydrogens is 387 g/mol. The van der Waals surface area contributed by atoms with Gasteiger partial charge in [0.25, 0.3) is 0 Å². The molecular formula is C17H26S2Sn. The van der Waals surface area contributed by atoms with E-state index in [9.17, 15) is 0 Å². The van der Waals surface area contributed by atoms with Gasteiger partial charge >= 0.3 is 137 Å². The minimum atomic E-state index is -1.87. The van der Waals surface area contributed by atoms with E-state index in [-0.39, 0.29) is 0 Å². The zero-order valence-corrected chi connectivity index (χ0v) is 17.6. The van der Waals surface area contributed by atoms with Gasteiger partial charge in [-0.15, -0.1) is 0 Å². The fourth-order valence-corrected chi connectivity index (χ4v) is 9.68. The number of hydrogen-bond donors (Lipinski definition) is 0. The first-order valence-electron chi connectivity index (χ1n) is 7.70. The van der Waals surface area contributed by atoms with E-state index in [1.807, 2.05) is 22.7 Å². The topological polar surface area (TPSA) is 0 Å². The van der Waals surface area contributed by atoms with Crippen molar-refractivity contribution >= 4 is 43.9 Å². The predicted molar refractivity (Wildman–Crippen MR) is 98.5 cm³/mol. The molecule has 0 N–H and O–H groups in total. The van der Waals surface area contributed by atoms with Crippen LogP contribution in [0.15, 0.2) is 24.3 Å². The molecule has 0 aliphatic rings. The van der Waals surface area contributed by atoms with Gasteiger partial charge < -0.3 is 0 Å². The SMILES string of the molecule is CCCCCCc1ccc(-c2cc[c]([Sn]([CH3])([CH3])[CH3])s2)s1. The second-order valence-electron chi connectivity index (χ2n) is 6.49. The Labute approximate surface area is 136 Å². The average Bonchev–Trinajstić information content (AvgIpc) is 3.02. The van der Waals surface area contributed by atoms with Gasteiger partial charge in [0.15, 0.2) is 0 Å². The molecule has 0 saturated carbocycles. The van der Waals surface area contributed by atoms with E-state index in [0.717, 1.165) is 0 Å². The molecule has 0 saturated heterocycles. The van der Waals surface area contributed by atoms with Gasteiger partial charge in [-0.25, -0.2) is 0 Å². The first-order chi connectivity index (χ1) is 9.50. The molecule has 0 aliphatic heterocycles. The molecule has 2 heterocycles. The van der Waals surface area contributed by atoms with Crippen LogP contribution in [0, 0.1) is 0 Å². The molecule has 2 rings (SSSR count). The maximum atomic E-state index is 2.50. The van der Waals surface area contributed by atoms with E-state index < -0.39 is 18.4 Å². The molecule has 3 heteroatoms. The molecule has 110 valence electrons. The molecule has 2 aromatic rings. The Balaban J connectivity index is 2.00. The molecule has 0 amide bonds. The number of rotatable bonds is 7. The normalized spacial score (nSPS) is 12.0. The number of thiophene rings is 2. The zero-order valence-electron chi connectivity index (χ0n) is 13.2.